The Morgan fingerprint density at radius 2 is 1.94 bits per heavy atom. The van der Waals surface area contributed by atoms with E-state index in [2.05, 4.69) is 25.5 Å². The smallest absolute Gasteiger partial charge is 0.341 e. The van der Waals surface area contributed by atoms with Gasteiger partial charge in [0.1, 0.15) is 17.2 Å². The van der Waals surface area contributed by atoms with Crippen molar-refractivity contribution in [2.24, 2.45) is 0 Å². The minimum atomic E-state index is -4.63. The summed E-state index contributed by atoms with van der Waals surface area (Å²) in [5, 5.41) is 10.3. The molecule has 0 bridgehead atoms. The van der Waals surface area contributed by atoms with Gasteiger partial charge >= 0.3 is 6.18 Å². The summed E-state index contributed by atoms with van der Waals surface area (Å²) in [6, 6.07) is 7.65. The zero-order valence-electron chi connectivity index (χ0n) is 16.8. The Balaban J connectivity index is 1.41. The number of benzene rings is 1. The number of carbonyl (C=O) groups excluding carboxylic acids is 1. The zero-order valence-corrected chi connectivity index (χ0v) is 16.8. The molecule has 10 heteroatoms. The second-order valence-corrected chi connectivity index (χ2v) is 7.95. The summed E-state index contributed by atoms with van der Waals surface area (Å²) in [4.78, 5) is 20.4. The Morgan fingerprint density at radius 1 is 1.16 bits per heavy atom. The van der Waals surface area contributed by atoms with Crippen LogP contribution in [0.5, 0.6) is 0 Å². The number of aryl methyl sites for hydroxylation is 1. The van der Waals surface area contributed by atoms with E-state index in [-0.39, 0.29) is 11.3 Å². The molecule has 1 amide bonds. The van der Waals surface area contributed by atoms with E-state index < -0.39 is 29.0 Å². The summed E-state index contributed by atoms with van der Waals surface area (Å²) in [5.41, 5.74) is 1.07. The molecule has 0 atom stereocenters. The molecule has 0 aliphatic heterocycles. The highest BCUT2D eigenvalue weighted by atomic mass is 19.4. The van der Waals surface area contributed by atoms with Crippen molar-refractivity contribution in [2.45, 2.75) is 31.5 Å². The lowest BCUT2D eigenvalue weighted by molar-refractivity contribution is -0.137. The van der Waals surface area contributed by atoms with Gasteiger partial charge in [0.25, 0.3) is 5.91 Å². The molecule has 164 valence electrons. The van der Waals surface area contributed by atoms with Crippen molar-refractivity contribution in [3.8, 4) is 11.3 Å². The van der Waals surface area contributed by atoms with Crippen LogP contribution in [0.2, 0.25) is 0 Å². The van der Waals surface area contributed by atoms with Crippen LogP contribution >= 0.6 is 0 Å². The second-order valence-electron chi connectivity index (χ2n) is 7.95. The molecular weight excluding hydrogens is 426 g/mol. The lowest BCUT2D eigenvalue weighted by atomic mass is 10.0. The molecule has 3 aromatic heterocycles. The molecule has 5 rings (SSSR count). The molecule has 6 nitrogen and oxygen atoms in total. The number of aromatic amines is 2. The minimum Gasteiger partial charge on any atom is -0.341 e. The van der Waals surface area contributed by atoms with Crippen molar-refractivity contribution >= 4 is 16.9 Å². The molecule has 0 radical (unpaired) electrons. The van der Waals surface area contributed by atoms with E-state index in [9.17, 15) is 22.4 Å². The van der Waals surface area contributed by atoms with E-state index in [0.717, 1.165) is 23.4 Å². The highest BCUT2D eigenvalue weighted by Crippen LogP contribution is 2.47. The summed E-state index contributed by atoms with van der Waals surface area (Å²) < 4.78 is 53.0. The number of halogens is 4. The van der Waals surface area contributed by atoms with Gasteiger partial charge in [0, 0.05) is 22.2 Å². The fourth-order valence-electron chi connectivity index (χ4n) is 3.84. The number of H-pyrrole nitrogens is 2. The average Bonchev–Trinajstić information content (AvgIpc) is 3.17. The number of hydrogen-bond acceptors (Lipinski definition) is 3. The lowest BCUT2D eigenvalue weighted by Crippen LogP contribution is -2.35. The fraction of sp³-hybridized carbons (Fsp3) is 0.227. The molecule has 1 fully saturated rings. The average molecular weight is 443 g/mol. The van der Waals surface area contributed by atoms with E-state index in [1.54, 1.807) is 12.3 Å². The number of nitrogens with one attached hydrogen (secondary N) is 3. The molecule has 0 saturated heterocycles. The predicted molar refractivity (Wildman–Crippen MR) is 108 cm³/mol. The van der Waals surface area contributed by atoms with Gasteiger partial charge in [-0.2, -0.15) is 18.3 Å². The van der Waals surface area contributed by atoms with Gasteiger partial charge in [-0.05, 0) is 50.1 Å². The quantitative estimate of drug-likeness (QED) is 0.395. The molecule has 1 aliphatic rings. The van der Waals surface area contributed by atoms with Gasteiger partial charge in [-0.15, -0.1) is 0 Å². The van der Waals surface area contributed by atoms with Gasteiger partial charge in [-0.1, -0.05) is 6.07 Å². The minimum absolute atomic E-state index is 0.0470. The standard InChI is InChI=1S/C22H17F4N5O/c1-11-14(10-27-31-11)17-5-2-12-8-18(29-19(12)28-17)20(32)30-21(6-7-21)15-4-3-13(9-16(15)23)22(24,25)26/h2-5,8-10H,6-7H2,1H3,(H,27,31)(H,28,29)(H,30,32). The van der Waals surface area contributed by atoms with Crippen LogP contribution in [0.15, 0.2) is 42.6 Å². The van der Waals surface area contributed by atoms with Gasteiger partial charge in [0.2, 0.25) is 0 Å². The van der Waals surface area contributed by atoms with Crippen LogP contribution in [-0.2, 0) is 11.7 Å². The first-order valence-electron chi connectivity index (χ1n) is 9.86. The highest BCUT2D eigenvalue weighted by Gasteiger charge is 2.48. The number of aromatic nitrogens is 4. The zero-order chi connectivity index (χ0) is 22.7. The second kappa shape index (κ2) is 6.91. The Hall–Kier alpha value is -3.69. The largest absolute Gasteiger partial charge is 0.416 e. The Kier molecular flexibility index (Phi) is 4.37. The first-order valence-corrected chi connectivity index (χ1v) is 9.86. The van der Waals surface area contributed by atoms with E-state index in [1.807, 2.05) is 19.1 Å². The predicted octanol–water partition coefficient (Wildman–Crippen LogP) is 4.84. The Morgan fingerprint density at radius 3 is 2.56 bits per heavy atom. The summed E-state index contributed by atoms with van der Waals surface area (Å²) in [6.45, 7) is 1.87. The number of nitrogens with zero attached hydrogens (tertiary/aromatic N) is 2. The molecule has 32 heavy (non-hydrogen) atoms. The van der Waals surface area contributed by atoms with Gasteiger partial charge in [0.05, 0.1) is 23.0 Å². The fourth-order valence-corrected chi connectivity index (χ4v) is 3.84. The molecule has 0 spiro atoms. The van der Waals surface area contributed by atoms with E-state index in [4.69, 9.17) is 0 Å². The maximum Gasteiger partial charge on any atom is 0.416 e. The maximum atomic E-state index is 14.5. The van der Waals surface area contributed by atoms with Gasteiger partial charge < -0.3 is 10.3 Å². The van der Waals surface area contributed by atoms with Crippen molar-refractivity contribution in [1.29, 1.82) is 0 Å². The maximum absolute atomic E-state index is 14.5. The summed E-state index contributed by atoms with van der Waals surface area (Å²) in [6.07, 6.45) is -2.10. The van der Waals surface area contributed by atoms with Crippen LogP contribution in [-0.4, -0.2) is 26.1 Å². The SMILES string of the molecule is Cc1[nH]ncc1-c1ccc2cc(C(=O)NC3(c4ccc(C(F)(F)F)cc4F)CC3)[nH]c2n1. The monoisotopic (exact) mass is 443 g/mol. The lowest BCUT2D eigenvalue weighted by Gasteiger charge is -2.19. The first-order chi connectivity index (χ1) is 15.2. The van der Waals surface area contributed by atoms with Crippen molar-refractivity contribution in [3.63, 3.8) is 0 Å². The van der Waals surface area contributed by atoms with Crippen LogP contribution in [0.25, 0.3) is 22.3 Å². The number of hydrogen-bond donors (Lipinski definition) is 3. The van der Waals surface area contributed by atoms with Crippen LogP contribution in [0, 0.1) is 12.7 Å². The van der Waals surface area contributed by atoms with Crippen LogP contribution < -0.4 is 5.32 Å². The van der Waals surface area contributed by atoms with Crippen molar-refractivity contribution in [3.05, 3.63) is 70.9 Å². The molecule has 4 aromatic rings. The molecule has 3 heterocycles. The number of alkyl halides is 3. The van der Waals surface area contributed by atoms with Crippen molar-refractivity contribution < 1.29 is 22.4 Å². The third-order valence-electron chi connectivity index (χ3n) is 5.74. The first kappa shape index (κ1) is 20.2. The number of carbonyl (C=O) groups is 1. The van der Waals surface area contributed by atoms with Gasteiger partial charge in [-0.25, -0.2) is 9.37 Å². The van der Waals surface area contributed by atoms with E-state index in [1.165, 1.54) is 0 Å². The topological polar surface area (TPSA) is 86.5 Å². The molecule has 0 unspecified atom stereocenters. The van der Waals surface area contributed by atoms with Crippen LogP contribution in [0.1, 0.15) is 40.2 Å². The third-order valence-corrected chi connectivity index (χ3v) is 5.74. The van der Waals surface area contributed by atoms with Crippen molar-refractivity contribution in [2.75, 3.05) is 0 Å². The number of fused-ring (bicyclic) bond motifs is 1. The van der Waals surface area contributed by atoms with Crippen molar-refractivity contribution in [1.82, 2.24) is 25.5 Å². The molecule has 1 aromatic carbocycles. The molecular formula is C22H17F4N5O. The molecule has 3 N–H and O–H groups in total. The highest BCUT2D eigenvalue weighted by molar-refractivity contribution is 5.98. The normalized spacial score (nSPS) is 15.2. The Labute approximate surface area is 179 Å². The summed E-state index contributed by atoms with van der Waals surface area (Å²) in [5.74, 6) is -1.48. The van der Waals surface area contributed by atoms with E-state index >= 15 is 0 Å². The molecule has 1 aliphatic carbocycles. The van der Waals surface area contributed by atoms with Gasteiger partial charge in [-0.3, -0.25) is 9.89 Å². The summed E-state index contributed by atoms with van der Waals surface area (Å²) >= 11 is 0. The number of amides is 1. The number of pyridine rings is 1. The third kappa shape index (κ3) is 3.41. The van der Waals surface area contributed by atoms with Gasteiger partial charge in [0.15, 0.2) is 0 Å². The number of rotatable bonds is 4. The Bertz CT molecular complexity index is 1350. The van der Waals surface area contributed by atoms with Crippen LogP contribution in [0.3, 0.4) is 0 Å². The van der Waals surface area contributed by atoms with E-state index in [0.29, 0.717) is 35.6 Å². The molecule has 1 saturated carbocycles. The summed E-state index contributed by atoms with van der Waals surface area (Å²) in [7, 11) is 0. The van der Waals surface area contributed by atoms with Crippen LogP contribution in [0.4, 0.5) is 17.6 Å².